The molecule has 1 aromatic carbocycles. The van der Waals surface area contributed by atoms with Crippen LogP contribution in [0.15, 0.2) is 30.3 Å². The molecule has 0 aliphatic carbocycles. The summed E-state index contributed by atoms with van der Waals surface area (Å²) in [6, 6.07) is 10.4. The van der Waals surface area contributed by atoms with Gasteiger partial charge < -0.3 is 9.47 Å². The summed E-state index contributed by atoms with van der Waals surface area (Å²) < 4.78 is 12.1. The van der Waals surface area contributed by atoms with Crippen molar-refractivity contribution < 1.29 is 9.47 Å². The maximum atomic E-state index is 6.06. The van der Waals surface area contributed by atoms with E-state index in [2.05, 4.69) is 31.2 Å². The summed E-state index contributed by atoms with van der Waals surface area (Å²) >= 11 is 0. The third kappa shape index (κ3) is 7.61. The molecule has 0 bridgehead atoms. The fourth-order valence-electron chi connectivity index (χ4n) is 2.79. The number of unbranched alkanes of at least 4 members (excludes halogenated alkanes) is 5. The van der Waals surface area contributed by atoms with Crippen molar-refractivity contribution >= 4 is 29.6 Å². The molecule has 0 fully saturated rings. The van der Waals surface area contributed by atoms with E-state index in [1.54, 1.807) is 0 Å². The maximum absolute atomic E-state index is 6.06. The zero-order valence-corrected chi connectivity index (χ0v) is 17.1. The molecule has 0 aliphatic rings. The van der Waals surface area contributed by atoms with Crippen LogP contribution in [0, 0.1) is 0 Å². The normalized spacial score (nSPS) is 11.2. The minimum atomic E-state index is -0.560. The van der Waals surface area contributed by atoms with Crippen LogP contribution in [-0.2, 0) is 15.3 Å². The molecule has 0 heterocycles. The fraction of sp³-hybridized carbons (Fsp3) is 0.684. The van der Waals surface area contributed by atoms with Crippen LogP contribution < -0.4 is 0 Å². The average molecular weight is 315 g/mol. The number of ether oxygens (including phenoxy) is 2. The van der Waals surface area contributed by atoms with Gasteiger partial charge in [-0.15, -0.1) is 0 Å². The molecular formula is C19H32NaO2. The van der Waals surface area contributed by atoms with Gasteiger partial charge in [-0.1, -0.05) is 69.4 Å². The van der Waals surface area contributed by atoms with Gasteiger partial charge in [0.1, 0.15) is 0 Å². The third-order valence-electron chi connectivity index (χ3n) is 3.83. The monoisotopic (exact) mass is 315 g/mol. The number of rotatable bonds is 12. The van der Waals surface area contributed by atoms with E-state index in [0.717, 1.165) is 18.4 Å². The van der Waals surface area contributed by atoms with Gasteiger partial charge in [-0.25, -0.2) is 0 Å². The van der Waals surface area contributed by atoms with Crippen LogP contribution in [-0.4, -0.2) is 42.8 Å². The first-order chi connectivity index (χ1) is 10.3. The predicted octanol–water partition coefficient (Wildman–Crippen LogP) is 5.28. The van der Waals surface area contributed by atoms with Crippen LogP contribution >= 0.6 is 0 Å². The van der Waals surface area contributed by atoms with Gasteiger partial charge in [0.25, 0.3) is 0 Å². The Morgan fingerprint density at radius 2 is 1.32 bits per heavy atom. The molecule has 3 heteroatoms. The first-order valence-corrected chi connectivity index (χ1v) is 8.62. The van der Waals surface area contributed by atoms with Crippen LogP contribution in [0.3, 0.4) is 0 Å². The molecule has 0 aliphatic heterocycles. The van der Waals surface area contributed by atoms with Crippen LogP contribution in [0.5, 0.6) is 0 Å². The molecule has 0 saturated carbocycles. The summed E-state index contributed by atoms with van der Waals surface area (Å²) in [7, 11) is 0. The van der Waals surface area contributed by atoms with Gasteiger partial charge in [-0.05, 0) is 20.3 Å². The van der Waals surface area contributed by atoms with Gasteiger partial charge in [0.15, 0.2) is 5.79 Å². The smallest absolute Gasteiger partial charge is 0.194 e. The predicted molar refractivity (Wildman–Crippen MR) is 95.1 cm³/mol. The molecular weight excluding hydrogens is 283 g/mol. The SMILES string of the molecule is CCCCCCCCC(OCC)(OCC)c1ccccc1.[Na]. The summed E-state index contributed by atoms with van der Waals surface area (Å²) in [5.41, 5.74) is 1.14. The Kier molecular flexibility index (Phi) is 13.7. The van der Waals surface area contributed by atoms with Crippen molar-refractivity contribution in [2.45, 2.75) is 71.5 Å². The maximum Gasteiger partial charge on any atom is 0.194 e. The molecule has 1 rings (SSSR count). The molecule has 1 aromatic rings. The van der Waals surface area contributed by atoms with Crippen molar-refractivity contribution in [3.63, 3.8) is 0 Å². The molecule has 0 N–H and O–H groups in total. The van der Waals surface area contributed by atoms with Crippen molar-refractivity contribution in [3.05, 3.63) is 35.9 Å². The van der Waals surface area contributed by atoms with Gasteiger partial charge in [0, 0.05) is 54.8 Å². The summed E-state index contributed by atoms with van der Waals surface area (Å²) in [5.74, 6) is -0.560. The summed E-state index contributed by atoms with van der Waals surface area (Å²) in [4.78, 5) is 0. The van der Waals surface area contributed by atoms with Crippen LogP contribution in [0.2, 0.25) is 0 Å². The van der Waals surface area contributed by atoms with E-state index < -0.39 is 5.79 Å². The Hall–Kier alpha value is 0.140. The molecule has 0 unspecified atom stereocenters. The van der Waals surface area contributed by atoms with Crippen molar-refractivity contribution in [2.75, 3.05) is 13.2 Å². The molecule has 0 spiro atoms. The number of hydrogen-bond donors (Lipinski definition) is 0. The van der Waals surface area contributed by atoms with E-state index in [1.807, 2.05) is 19.9 Å². The zero-order chi connectivity index (χ0) is 15.4. The molecule has 0 atom stereocenters. The van der Waals surface area contributed by atoms with Crippen LogP contribution in [0.1, 0.15) is 71.3 Å². The van der Waals surface area contributed by atoms with E-state index in [-0.39, 0.29) is 29.6 Å². The quantitative estimate of drug-likeness (QED) is 0.297. The Balaban J connectivity index is 0.00000441. The van der Waals surface area contributed by atoms with Crippen molar-refractivity contribution in [3.8, 4) is 0 Å². The topological polar surface area (TPSA) is 18.5 Å². The summed E-state index contributed by atoms with van der Waals surface area (Å²) in [6.07, 6.45) is 8.65. The minimum absolute atomic E-state index is 0. The van der Waals surface area contributed by atoms with Crippen molar-refractivity contribution in [1.82, 2.24) is 0 Å². The number of benzene rings is 1. The van der Waals surface area contributed by atoms with Gasteiger partial charge >= 0.3 is 0 Å². The second-order valence-corrected chi connectivity index (χ2v) is 5.50. The fourth-order valence-corrected chi connectivity index (χ4v) is 2.79. The standard InChI is InChI=1S/C19H32O2.Na/c1-4-7-8-9-10-14-17-19(20-5-2,21-6-3)18-15-12-11-13-16-18;/h11-13,15-16H,4-10,14,17H2,1-3H3;. The van der Waals surface area contributed by atoms with E-state index in [0.29, 0.717) is 13.2 Å². The van der Waals surface area contributed by atoms with Gasteiger partial charge in [-0.2, -0.15) is 0 Å². The summed E-state index contributed by atoms with van der Waals surface area (Å²) in [6.45, 7) is 7.68. The van der Waals surface area contributed by atoms with Gasteiger partial charge in [0.2, 0.25) is 0 Å². The largest absolute Gasteiger partial charge is 0.346 e. The Morgan fingerprint density at radius 1 is 0.773 bits per heavy atom. The third-order valence-corrected chi connectivity index (χ3v) is 3.83. The van der Waals surface area contributed by atoms with Crippen LogP contribution in [0.25, 0.3) is 0 Å². The van der Waals surface area contributed by atoms with Crippen molar-refractivity contribution in [2.24, 2.45) is 0 Å². The Bertz CT molecular complexity index is 348. The van der Waals surface area contributed by atoms with Crippen molar-refractivity contribution in [1.29, 1.82) is 0 Å². The first kappa shape index (κ1) is 22.1. The minimum Gasteiger partial charge on any atom is -0.346 e. The molecule has 0 amide bonds. The molecule has 2 nitrogen and oxygen atoms in total. The Labute approximate surface area is 159 Å². The second kappa shape index (κ2) is 13.6. The van der Waals surface area contributed by atoms with E-state index in [1.165, 1.54) is 32.1 Å². The molecule has 121 valence electrons. The number of hydrogen-bond acceptors (Lipinski definition) is 2. The zero-order valence-electron chi connectivity index (χ0n) is 15.1. The average Bonchev–Trinajstić information content (AvgIpc) is 2.52. The Morgan fingerprint density at radius 3 is 1.86 bits per heavy atom. The molecule has 0 aromatic heterocycles. The molecule has 0 saturated heterocycles. The van der Waals surface area contributed by atoms with Gasteiger partial charge in [0.05, 0.1) is 0 Å². The second-order valence-electron chi connectivity index (χ2n) is 5.50. The molecule has 1 radical (unpaired) electrons. The first-order valence-electron chi connectivity index (χ1n) is 8.62. The van der Waals surface area contributed by atoms with E-state index in [9.17, 15) is 0 Å². The summed E-state index contributed by atoms with van der Waals surface area (Å²) in [5, 5.41) is 0. The molecule has 22 heavy (non-hydrogen) atoms. The van der Waals surface area contributed by atoms with E-state index in [4.69, 9.17) is 9.47 Å². The van der Waals surface area contributed by atoms with Crippen LogP contribution in [0.4, 0.5) is 0 Å². The van der Waals surface area contributed by atoms with Gasteiger partial charge in [-0.3, -0.25) is 0 Å². The van der Waals surface area contributed by atoms with E-state index >= 15 is 0 Å².